The van der Waals surface area contributed by atoms with Crippen molar-refractivity contribution in [1.29, 1.82) is 0 Å². The standard InChI is InChI=1S/C22H20N4O5S/c1-12-10-15(21(30)31-2)18-19(23-12)24-22(25-20(18)29)32-11-16(27)13-5-7-14(8-6-13)26-9-3-4-17(26)28/h5-8,10H,3-4,9,11H2,1-2H3,(H,23,24,25,29). The first-order chi connectivity index (χ1) is 15.4. The summed E-state index contributed by atoms with van der Waals surface area (Å²) in [6.07, 6.45) is 1.38. The highest BCUT2D eigenvalue weighted by atomic mass is 32.2. The molecule has 1 aliphatic rings. The minimum absolute atomic E-state index is 0.0465. The summed E-state index contributed by atoms with van der Waals surface area (Å²) in [5.74, 6) is -0.663. The minimum atomic E-state index is -0.651. The first kappa shape index (κ1) is 21.7. The number of rotatable bonds is 6. The molecule has 9 nitrogen and oxygen atoms in total. The average Bonchev–Trinajstić information content (AvgIpc) is 3.22. The number of anilines is 1. The normalized spacial score (nSPS) is 13.6. The third-order valence-corrected chi connectivity index (χ3v) is 5.98. The fraction of sp³-hybridized carbons (Fsp3) is 0.273. The molecule has 0 spiro atoms. The highest BCUT2D eigenvalue weighted by molar-refractivity contribution is 7.99. The molecule has 1 fully saturated rings. The second-order valence-electron chi connectivity index (χ2n) is 7.28. The summed E-state index contributed by atoms with van der Waals surface area (Å²) < 4.78 is 4.74. The predicted molar refractivity (Wildman–Crippen MR) is 119 cm³/mol. The molecule has 0 bridgehead atoms. The number of amides is 1. The Balaban J connectivity index is 1.51. The lowest BCUT2D eigenvalue weighted by molar-refractivity contribution is -0.117. The van der Waals surface area contributed by atoms with E-state index in [1.807, 2.05) is 0 Å². The Hall–Kier alpha value is -3.53. The van der Waals surface area contributed by atoms with Crippen LogP contribution in [-0.4, -0.2) is 52.0 Å². The largest absolute Gasteiger partial charge is 0.465 e. The van der Waals surface area contributed by atoms with Gasteiger partial charge in [-0.25, -0.2) is 14.8 Å². The van der Waals surface area contributed by atoms with Gasteiger partial charge in [-0.05, 0) is 43.7 Å². The first-order valence-electron chi connectivity index (χ1n) is 9.94. The minimum Gasteiger partial charge on any atom is -0.465 e. The number of carbonyl (C=O) groups is 3. The number of methoxy groups -OCH3 is 1. The molecule has 3 heterocycles. The van der Waals surface area contributed by atoms with Crippen molar-refractivity contribution in [1.82, 2.24) is 15.0 Å². The van der Waals surface area contributed by atoms with Crippen molar-refractivity contribution in [2.24, 2.45) is 0 Å². The maximum Gasteiger partial charge on any atom is 0.338 e. The van der Waals surface area contributed by atoms with Crippen molar-refractivity contribution in [3.05, 3.63) is 57.5 Å². The van der Waals surface area contributed by atoms with Crippen molar-refractivity contribution in [2.75, 3.05) is 24.3 Å². The molecule has 1 aliphatic heterocycles. The molecule has 2 aromatic heterocycles. The summed E-state index contributed by atoms with van der Waals surface area (Å²) in [5.41, 5.74) is 1.46. The van der Waals surface area contributed by atoms with Gasteiger partial charge in [-0.15, -0.1) is 0 Å². The van der Waals surface area contributed by atoms with E-state index in [1.54, 1.807) is 36.1 Å². The van der Waals surface area contributed by atoms with E-state index in [4.69, 9.17) is 4.74 Å². The van der Waals surface area contributed by atoms with Crippen LogP contribution in [0, 0.1) is 6.92 Å². The topological polar surface area (TPSA) is 122 Å². The Morgan fingerprint density at radius 3 is 2.59 bits per heavy atom. The van der Waals surface area contributed by atoms with Crippen LogP contribution in [0.5, 0.6) is 0 Å². The molecule has 0 atom stereocenters. The third-order valence-electron chi connectivity index (χ3n) is 5.10. The van der Waals surface area contributed by atoms with Crippen LogP contribution < -0.4 is 10.5 Å². The van der Waals surface area contributed by atoms with Crippen LogP contribution in [0.15, 0.2) is 40.3 Å². The molecule has 0 aliphatic carbocycles. The van der Waals surface area contributed by atoms with Gasteiger partial charge < -0.3 is 14.6 Å². The Kier molecular flexibility index (Phi) is 6.04. The molecule has 4 rings (SSSR count). The number of benzene rings is 1. The number of carbonyl (C=O) groups excluding carboxylic acids is 3. The quantitative estimate of drug-likeness (QED) is 0.262. The number of ether oxygens (including phenoxy) is 1. The van der Waals surface area contributed by atoms with Crippen molar-refractivity contribution in [3.63, 3.8) is 0 Å². The van der Waals surface area contributed by atoms with E-state index in [0.717, 1.165) is 23.9 Å². The van der Waals surface area contributed by atoms with Crippen molar-refractivity contribution < 1.29 is 19.1 Å². The van der Waals surface area contributed by atoms with Crippen LogP contribution in [0.1, 0.15) is 39.3 Å². The molecular weight excluding hydrogens is 432 g/mol. The van der Waals surface area contributed by atoms with E-state index in [0.29, 0.717) is 24.2 Å². The molecule has 1 N–H and O–H groups in total. The lowest BCUT2D eigenvalue weighted by Crippen LogP contribution is -2.23. The SMILES string of the molecule is COC(=O)c1cc(C)nc2nc(SCC(=O)c3ccc(N4CCCC4=O)cc3)[nH]c(=O)c12. The summed E-state index contributed by atoms with van der Waals surface area (Å²) >= 11 is 1.07. The lowest BCUT2D eigenvalue weighted by Gasteiger charge is -2.15. The highest BCUT2D eigenvalue weighted by Gasteiger charge is 2.22. The monoisotopic (exact) mass is 452 g/mol. The number of Topliss-reactive ketones (excluding diaryl/α,β-unsaturated/α-hetero) is 1. The summed E-state index contributed by atoms with van der Waals surface area (Å²) in [6, 6.07) is 8.37. The Labute approximate surface area is 187 Å². The molecule has 1 aromatic carbocycles. The molecular formula is C22H20N4O5S. The highest BCUT2D eigenvalue weighted by Crippen LogP contribution is 2.23. The summed E-state index contributed by atoms with van der Waals surface area (Å²) in [6.45, 7) is 2.37. The number of ketones is 1. The number of thioether (sulfide) groups is 1. The van der Waals surface area contributed by atoms with Gasteiger partial charge in [0.25, 0.3) is 5.56 Å². The van der Waals surface area contributed by atoms with Crippen LogP contribution in [0.25, 0.3) is 11.0 Å². The fourth-order valence-corrected chi connectivity index (χ4v) is 4.30. The molecule has 32 heavy (non-hydrogen) atoms. The zero-order chi connectivity index (χ0) is 22.8. The number of fused-ring (bicyclic) bond motifs is 1. The fourth-order valence-electron chi connectivity index (χ4n) is 3.55. The third kappa shape index (κ3) is 4.26. The maximum atomic E-state index is 12.6. The van der Waals surface area contributed by atoms with Gasteiger partial charge in [-0.2, -0.15) is 0 Å². The number of esters is 1. The summed E-state index contributed by atoms with van der Waals surface area (Å²) in [7, 11) is 1.23. The maximum absolute atomic E-state index is 12.6. The number of H-pyrrole nitrogens is 1. The number of pyridine rings is 1. The Bertz CT molecular complexity index is 1290. The number of nitrogens with zero attached hydrogens (tertiary/aromatic N) is 3. The number of aromatic nitrogens is 3. The number of aromatic amines is 1. The van der Waals surface area contributed by atoms with E-state index in [9.17, 15) is 19.2 Å². The molecule has 10 heteroatoms. The zero-order valence-corrected chi connectivity index (χ0v) is 18.3. The van der Waals surface area contributed by atoms with Gasteiger partial charge in [0.1, 0.15) is 0 Å². The molecule has 3 aromatic rings. The van der Waals surface area contributed by atoms with E-state index in [1.165, 1.54) is 13.2 Å². The van der Waals surface area contributed by atoms with Gasteiger partial charge in [-0.3, -0.25) is 14.4 Å². The van der Waals surface area contributed by atoms with Crippen molar-refractivity contribution in [2.45, 2.75) is 24.9 Å². The average molecular weight is 452 g/mol. The predicted octanol–water partition coefficient (Wildman–Crippen LogP) is 2.51. The summed E-state index contributed by atoms with van der Waals surface area (Å²) in [4.78, 5) is 61.9. The molecule has 0 unspecified atom stereocenters. The van der Waals surface area contributed by atoms with Crippen LogP contribution in [0.3, 0.4) is 0 Å². The molecule has 0 radical (unpaired) electrons. The van der Waals surface area contributed by atoms with Gasteiger partial charge in [0.15, 0.2) is 16.6 Å². The second-order valence-corrected chi connectivity index (χ2v) is 8.24. The van der Waals surface area contributed by atoms with Crippen LogP contribution in [0.4, 0.5) is 5.69 Å². The second kappa shape index (κ2) is 8.91. The molecule has 164 valence electrons. The van der Waals surface area contributed by atoms with Gasteiger partial charge in [0, 0.05) is 29.9 Å². The van der Waals surface area contributed by atoms with E-state index in [-0.39, 0.29) is 39.2 Å². The van der Waals surface area contributed by atoms with E-state index in [2.05, 4.69) is 15.0 Å². The van der Waals surface area contributed by atoms with Crippen LogP contribution >= 0.6 is 11.8 Å². The zero-order valence-electron chi connectivity index (χ0n) is 17.5. The lowest BCUT2D eigenvalue weighted by atomic mass is 10.1. The number of aryl methyl sites for hydroxylation is 1. The van der Waals surface area contributed by atoms with Gasteiger partial charge in [0.05, 0.1) is 23.8 Å². The Morgan fingerprint density at radius 1 is 1.19 bits per heavy atom. The molecule has 0 saturated carbocycles. The summed E-state index contributed by atoms with van der Waals surface area (Å²) in [5, 5.41) is 0.272. The van der Waals surface area contributed by atoms with Gasteiger partial charge >= 0.3 is 5.97 Å². The van der Waals surface area contributed by atoms with E-state index >= 15 is 0 Å². The Morgan fingerprint density at radius 2 is 1.94 bits per heavy atom. The number of nitrogens with one attached hydrogen (secondary N) is 1. The van der Waals surface area contributed by atoms with Crippen molar-refractivity contribution in [3.8, 4) is 0 Å². The van der Waals surface area contributed by atoms with Gasteiger partial charge in [-0.1, -0.05) is 11.8 Å². The number of hydrogen-bond donors (Lipinski definition) is 1. The molecule has 1 saturated heterocycles. The number of hydrogen-bond acceptors (Lipinski definition) is 8. The first-order valence-corrected chi connectivity index (χ1v) is 10.9. The van der Waals surface area contributed by atoms with Crippen molar-refractivity contribution >= 4 is 46.1 Å². The molecule has 1 amide bonds. The van der Waals surface area contributed by atoms with E-state index < -0.39 is 11.5 Å². The van der Waals surface area contributed by atoms with Crippen LogP contribution in [-0.2, 0) is 9.53 Å². The smallest absolute Gasteiger partial charge is 0.338 e. The van der Waals surface area contributed by atoms with Crippen LogP contribution in [0.2, 0.25) is 0 Å². The van der Waals surface area contributed by atoms with Gasteiger partial charge in [0.2, 0.25) is 5.91 Å².